The second-order valence-electron chi connectivity index (χ2n) is 12.0. The molecule has 3 aromatic heterocycles. The van der Waals surface area contributed by atoms with Crippen LogP contribution < -0.4 is 10.6 Å². The largest absolute Gasteiger partial charge is 0.394 e. The molecule has 0 amide bonds. The van der Waals surface area contributed by atoms with E-state index in [0.29, 0.717) is 42.3 Å². The van der Waals surface area contributed by atoms with Crippen molar-refractivity contribution in [2.45, 2.75) is 56.3 Å². The van der Waals surface area contributed by atoms with E-state index in [2.05, 4.69) is 50.0 Å². The molecule has 5 N–H and O–H groups in total. The van der Waals surface area contributed by atoms with E-state index in [9.17, 15) is 15.3 Å². The molecule has 7 rings (SSSR count). The summed E-state index contributed by atoms with van der Waals surface area (Å²) in [5.74, 6) is 1.24. The summed E-state index contributed by atoms with van der Waals surface area (Å²) in [5.41, 5.74) is 4.10. The Labute approximate surface area is 282 Å². The SMILES string of the molecule is CCc1nc([C@H]2O[C@@H](n3cnc4c(NCC(c5ccccc5)c5ccccc5)nc(N[C@H](CO)Cc5ccccc5)nc43)[C@H](O)[C@@H]2O)no1. The van der Waals surface area contributed by atoms with Crippen LogP contribution in [-0.4, -0.2) is 76.4 Å². The maximum absolute atomic E-state index is 11.2. The van der Waals surface area contributed by atoms with Crippen molar-refractivity contribution >= 4 is 22.9 Å². The average molecular weight is 663 g/mol. The number of aryl methyl sites for hydroxylation is 1. The summed E-state index contributed by atoms with van der Waals surface area (Å²) in [5, 5.41) is 43.2. The number of nitrogens with one attached hydrogen (secondary N) is 2. The van der Waals surface area contributed by atoms with E-state index in [1.54, 1.807) is 4.57 Å². The first kappa shape index (κ1) is 32.3. The fourth-order valence-electron chi connectivity index (χ4n) is 6.16. The van der Waals surface area contributed by atoms with Gasteiger partial charge in [0.2, 0.25) is 17.7 Å². The number of fused-ring (bicyclic) bond motifs is 1. The minimum absolute atomic E-state index is 0.00644. The first-order chi connectivity index (χ1) is 24.0. The van der Waals surface area contributed by atoms with Crippen LogP contribution in [0, 0.1) is 0 Å². The van der Waals surface area contributed by atoms with Gasteiger partial charge < -0.3 is 35.2 Å². The van der Waals surface area contributed by atoms with Crippen LogP contribution in [0.4, 0.5) is 11.8 Å². The predicted molar refractivity (Wildman–Crippen MR) is 182 cm³/mol. The quantitative estimate of drug-likeness (QED) is 0.120. The molecule has 5 atom stereocenters. The van der Waals surface area contributed by atoms with E-state index in [4.69, 9.17) is 19.2 Å². The molecular formula is C36H38N8O5. The van der Waals surface area contributed by atoms with E-state index < -0.39 is 30.6 Å². The van der Waals surface area contributed by atoms with Gasteiger partial charge in [-0.05, 0) is 23.1 Å². The third-order valence-electron chi connectivity index (χ3n) is 8.73. The van der Waals surface area contributed by atoms with Crippen molar-refractivity contribution in [2.24, 2.45) is 0 Å². The second kappa shape index (κ2) is 14.5. The van der Waals surface area contributed by atoms with Crippen LogP contribution in [0.2, 0.25) is 0 Å². The monoisotopic (exact) mass is 662 g/mol. The van der Waals surface area contributed by atoms with Crippen LogP contribution in [0.1, 0.15) is 53.6 Å². The van der Waals surface area contributed by atoms with Crippen LogP contribution in [-0.2, 0) is 17.6 Å². The van der Waals surface area contributed by atoms with Crippen molar-refractivity contribution in [3.63, 3.8) is 0 Å². The molecule has 0 spiro atoms. The molecule has 1 saturated heterocycles. The Balaban J connectivity index is 1.24. The molecule has 1 fully saturated rings. The van der Waals surface area contributed by atoms with E-state index in [-0.39, 0.29) is 24.3 Å². The number of imidazole rings is 1. The van der Waals surface area contributed by atoms with Crippen LogP contribution in [0.15, 0.2) is 102 Å². The van der Waals surface area contributed by atoms with Crippen molar-refractivity contribution in [1.29, 1.82) is 0 Å². The number of ether oxygens (including phenoxy) is 1. The van der Waals surface area contributed by atoms with Gasteiger partial charge in [0.15, 0.2) is 29.3 Å². The van der Waals surface area contributed by atoms with Gasteiger partial charge in [0.25, 0.3) is 0 Å². The smallest absolute Gasteiger partial charge is 0.227 e. The van der Waals surface area contributed by atoms with Crippen LogP contribution in [0.3, 0.4) is 0 Å². The zero-order valence-corrected chi connectivity index (χ0v) is 26.9. The number of rotatable bonds is 13. The molecule has 4 heterocycles. The molecule has 1 aliphatic rings. The molecule has 3 aromatic carbocycles. The van der Waals surface area contributed by atoms with Gasteiger partial charge in [0, 0.05) is 18.9 Å². The molecule has 0 radical (unpaired) electrons. The zero-order valence-electron chi connectivity index (χ0n) is 26.9. The molecule has 1 aliphatic heterocycles. The van der Waals surface area contributed by atoms with Crippen molar-refractivity contribution in [1.82, 2.24) is 29.7 Å². The highest BCUT2D eigenvalue weighted by atomic mass is 16.6. The van der Waals surface area contributed by atoms with Gasteiger partial charge in [0.1, 0.15) is 12.2 Å². The molecule has 0 saturated carbocycles. The van der Waals surface area contributed by atoms with Gasteiger partial charge in [0.05, 0.1) is 19.0 Å². The van der Waals surface area contributed by atoms with Crippen molar-refractivity contribution in [2.75, 3.05) is 23.8 Å². The van der Waals surface area contributed by atoms with Gasteiger partial charge in [-0.25, -0.2) is 4.98 Å². The van der Waals surface area contributed by atoms with Gasteiger partial charge >= 0.3 is 0 Å². The Kier molecular flexibility index (Phi) is 9.57. The summed E-state index contributed by atoms with van der Waals surface area (Å²) in [4.78, 5) is 18.6. The summed E-state index contributed by atoms with van der Waals surface area (Å²) in [6, 6.07) is 29.9. The highest BCUT2D eigenvalue weighted by Crippen LogP contribution is 2.39. The molecule has 13 nitrogen and oxygen atoms in total. The first-order valence-electron chi connectivity index (χ1n) is 16.4. The lowest BCUT2D eigenvalue weighted by atomic mass is 9.91. The Hall–Kier alpha value is -5.21. The van der Waals surface area contributed by atoms with E-state index in [1.807, 2.05) is 73.7 Å². The predicted octanol–water partition coefficient (Wildman–Crippen LogP) is 4.02. The molecule has 0 unspecified atom stereocenters. The third-order valence-corrected chi connectivity index (χ3v) is 8.73. The average Bonchev–Trinajstić information content (AvgIpc) is 3.87. The van der Waals surface area contributed by atoms with E-state index >= 15 is 0 Å². The first-order valence-corrected chi connectivity index (χ1v) is 16.4. The van der Waals surface area contributed by atoms with E-state index in [0.717, 1.165) is 16.7 Å². The Bertz CT molecular complexity index is 1920. The third kappa shape index (κ3) is 6.87. The molecule has 252 valence electrons. The van der Waals surface area contributed by atoms with Gasteiger partial charge in [-0.15, -0.1) is 0 Å². The molecule has 13 heteroatoms. The van der Waals surface area contributed by atoms with Crippen LogP contribution >= 0.6 is 0 Å². The highest BCUT2D eigenvalue weighted by Gasteiger charge is 2.47. The number of aliphatic hydroxyl groups is 3. The van der Waals surface area contributed by atoms with Crippen molar-refractivity contribution in [3.05, 3.63) is 126 Å². The fourth-order valence-corrected chi connectivity index (χ4v) is 6.16. The number of hydrogen-bond acceptors (Lipinski definition) is 12. The Morgan fingerprint density at radius 2 is 1.53 bits per heavy atom. The lowest BCUT2D eigenvalue weighted by molar-refractivity contribution is -0.0388. The maximum Gasteiger partial charge on any atom is 0.227 e. The Morgan fingerprint density at radius 1 is 0.857 bits per heavy atom. The van der Waals surface area contributed by atoms with Crippen molar-refractivity contribution in [3.8, 4) is 0 Å². The Morgan fingerprint density at radius 3 is 2.16 bits per heavy atom. The fraction of sp³-hybridized carbons (Fsp3) is 0.306. The van der Waals surface area contributed by atoms with Gasteiger partial charge in [-0.3, -0.25) is 4.57 Å². The standard InChI is InChI=1S/C36H38N8O5/c1-2-27-40-33(43-49-27)31-29(46)30(47)35(48-31)44-21-38-28-32(37-19-26(23-14-8-4-9-15-23)24-16-10-5-11-17-24)41-36(42-34(28)44)39-25(20-45)18-22-12-6-3-7-13-22/h3-17,21,25-26,29-31,35,45-47H,2,18-20H2,1H3,(H2,37,39,41,42)/t25-,29-,30+,31-,35+/m0/s1. The summed E-state index contributed by atoms with van der Waals surface area (Å²) >= 11 is 0. The number of nitrogens with zero attached hydrogens (tertiary/aromatic N) is 6. The molecular weight excluding hydrogens is 624 g/mol. The maximum atomic E-state index is 11.2. The second-order valence-corrected chi connectivity index (χ2v) is 12.0. The molecule has 6 aromatic rings. The van der Waals surface area contributed by atoms with Gasteiger partial charge in [-0.2, -0.15) is 15.0 Å². The lowest BCUT2D eigenvalue weighted by Crippen LogP contribution is -2.29. The summed E-state index contributed by atoms with van der Waals surface area (Å²) in [7, 11) is 0. The molecule has 0 aliphatic carbocycles. The number of hydrogen-bond donors (Lipinski definition) is 5. The number of aromatic nitrogens is 6. The van der Waals surface area contributed by atoms with Gasteiger partial charge in [-0.1, -0.05) is 103 Å². The summed E-state index contributed by atoms with van der Waals surface area (Å²) in [6.45, 7) is 2.20. The topological polar surface area (TPSA) is 176 Å². The van der Waals surface area contributed by atoms with Crippen LogP contribution in [0.25, 0.3) is 11.2 Å². The minimum atomic E-state index is -1.35. The summed E-state index contributed by atoms with van der Waals surface area (Å²) in [6.07, 6.45) is -2.21. The summed E-state index contributed by atoms with van der Waals surface area (Å²) < 4.78 is 12.9. The zero-order chi connectivity index (χ0) is 33.7. The minimum Gasteiger partial charge on any atom is -0.394 e. The van der Waals surface area contributed by atoms with Crippen LogP contribution in [0.5, 0.6) is 0 Å². The molecule has 49 heavy (non-hydrogen) atoms. The van der Waals surface area contributed by atoms with Crippen molar-refractivity contribution < 1.29 is 24.6 Å². The van der Waals surface area contributed by atoms with E-state index in [1.165, 1.54) is 6.33 Å². The number of anilines is 2. The molecule has 0 bridgehead atoms. The normalized spacial score (nSPS) is 19.8. The lowest BCUT2D eigenvalue weighted by Gasteiger charge is -2.21. The number of aliphatic hydroxyl groups excluding tert-OH is 3. The number of benzene rings is 3. The highest BCUT2D eigenvalue weighted by molar-refractivity contribution is 5.84.